The molecule has 3 rings (SSSR count). The maximum Gasteiger partial charge on any atom is 0.273 e. The van der Waals surface area contributed by atoms with Gasteiger partial charge in [-0.15, -0.1) is 0 Å². The Morgan fingerprint density at radius 2 is 2.10 bits per heavy atom. The summed E-state index contributed by atoms with van der Waals surface area (Å²) in [4.78, 5) is 28.3. The van der Waals surface area contributed by atoms with E-state index in [0.717, 1.165) is 25.7 Å². The van der Waals surface area contributed by atoms with E-state index in [4.69, 9.17) is 27.6 Å². The molecule has 0 saturated heterocycles. The Kier molecular flexibility index (Phi) is 4.08. The summed E-state index contributed by atoms with van der Waals surface area (Å²) in [6.07, 6.45) is 5.16. The summed E-state index contributed by atoms with van der Waals surface area (Å²) in [7, 11) is 0. The number of hydrogen-bond acceptors (Lipinski definition) is 4. The van der Waals surface area contributed by atoms with Gasteiger partial charge in [-0.25, -0.2) is 4.98 Å². The molecule has 1 heterocycles. The first-order chi connectivity index (χ1) is 10.0. The molecule has 2 amide bonds. The van der Waals surface area contributed by atoms with Crippen LogP contribution in [0.15, 0.2) is 10.7 Å². The Hall–Kier alpha value is -1.27. The van der Waals surface area contributed by atoms with E-state index in [1.807, 2.05) is 0 Å². The van der Waals surface area contributed by atoms with E-state index in [1.165, 1.54) is 6.26 Å². The summed E-state index contributed by atoms with van der Waals surface area (Å²) in [6.45, 7) is 0.177. The smallest absolute Gasteiger partial charge is 0.273 e. The second-order valence-electron chi connectivity index (χ2n) is 5.37. The average molecular weight is 332 g/mol. The van der Waals surface area contributed by atoms with Crippen molar-refractivity contribution < 1.29 is 14.0 Å². The molecule has 0 aromatic carbocycles. The van der Waals surface area contributed by atoms with Crippen molar-refractivity contribution in [1.29, 1.82) is 0 Å². The van der Waals surface area contributed by atoms with E-state index < -0.39 is 4.84 Å². The van der Waals surface area contributed by atoms with Crippen molar-refractivity contribution >= 4 is 35.0 Å². The number of nitrogens with zero attached hydrogens (tertiary/aromatic N) is 2. The Labute approximate surface area is 131 Å². The summed E-state index contributed by atoms with van der Waals surface area (Å²) >= 11 is 11.3. The van der Waals surface area contributed by atoms with Crippen LogP contribution in [-0.4, -0.2) is 38.6 Å². The second kappa shape index (κ2) is 5.85. The predicted octanol–water partition coefficient (Wildman–Crippen LogP) is 1.86. The summed E-state index contributed by atoms with van der Waals surface area (Å²) < 4.78 is 5.27. The van der Waals surface area contributed by atoms with Gasteiger partial charge in [0, 0.05) is 12.1 Å². The summed E-state index contributed by atoms with van der Waals surface area (Å²) in [5.74, 6) is -0.294. The number of carbonyl (C=O) groups is 2. The zero-order valence-corrected chi connectivity index (χ0v) is 12.7. The molecule has 21 heavy (non-hydrogen) atoms. The van der Waals surface area contributed by atoms with Crippen molar-refractivity contribution in [3.63, 3.8) is 0 Å². The highest BCUT2D eigenvalue weighted by Gasteiger charge is 2.36. The molecule has 0 radical (unpaired) electrons. The summed E-state index contributed by atoms with van der Waals surface area (Å²) in [5, 5.41) is 2.83. The first-order valence-electron chi connectivity index (χ1n) is 6.88. The van der Waals surface area contributed by atoms with Crippen molar-refractivity contribution in [1.82, 2.24) is 15.2 Å². The minimum Gasteiger partial charge on any atom is -0.446 e. The van der Waals surface area contributed by atoms with E-state index in [1.54, 1.807) is 4.90 Å². The van der Waals surface area contributed by atoms with Crippen LogP contribution < -0.4 is 5.32 Å². The molecular formula is C13H15Cl2N3O3. The lowest BCUT2D eigenvalue weighted by molar-refractivity contribution is -0.130. The fraction of sp³-hybridized carbons (Fsp3) is 0.615. The second-order valence-corrected chi connectivity index (χ2v) is 6.47. The van der Waals surface area contributed by atoms with Gasteiger partial charge in [0.1, 0.15) is 6.26 Å². The third-order valence-electron chi connectivity index (χ3n) is 3.46. The first-order valence-corrected chi connectivity index (χ1v) is 7.76. The molecule has 0 aliphatic heterocycles. The highest BCUT2D eigenvalue weighted by atomic mass is 35.5. The van der Waals surface area contributed by atoms with Crippen LogP contribution in [-0.2, 0) is 11.3 Å². The Morgan fingerprint density at radius 3 is 2.67 bits per heavy atom. The molecule has 1 N–H and O–H groups in total. The van der Waals surface area contributed by atoms with Crippen molar-refractivity contribution in [2.45, 2.75) is 49.1 Å². The Bertz CT molecular complexity index is 553. The maximum absolute atomic E-state index is 11.9. The number of alkyl halides is 2. The highest BCUT2D eigenvalue weighted by molar-refractivity contribution is 6.53. The molecule has 2 fully saturated rings. The van der Waals surface area contributed by atoms with E-state index in [-0.39, 0.29) is 36.1 Å². The van der Waals surface area contributed by atoms with Crippen LogP contribution in [0.25, 0.3) is 0 Å². The topological polar surface area (TPSA) is 75.4 Å². The Morgan fingerprint density at radius 1 is 1.38 bits per heavy atom. The van der Waals surface area contributed by atoms with Crippen molar-refractivity contribution in [2.24, 2.45) is 0 Å². The van der Waals surface area contributed by atoms with Gasteiger partial charge in [0.05, 0.1) is 6.54 Å². The van der Waals surface area contributed by atoms with E-state index in [0.29, 0.717) is 5.89 Å². The lowest BCUT2D eigenvalue weighted by Crippen LogP contribution is -2.36. The predicted molar refractivity (Wildman–Crippen MR) is 76.1 cm³/mol. The van der Waals surface area contributed by atoms with E-state index >= 15 is 0 Å². The number of aromatic nitrogens is 1. The van der Waals surface area contributed by atoms with Crippen molar-refractivity contribution in [3.05, 3.63) is 17.8 Å². The molecule has 2 saturated carbocycles. The average Bonchev–Trinajstić information content (AvgIpc) is 3.36. The highest BCUT2D eigenvalue weighted by Crippen LogP contribution is 2.30. The normalized spacial score (nSPS) is 17.9. The van der Waals surface area contributed by atoms with Crippen LogP contribution in [0.1, 0.15) is 42.1 Å². The largest absolute Gasteiger partial charge is 0.446 e. The molecule has 8 heteroatoms. The zero-order chi connectivity index (χ0) is 15.0. The molecule has 1 aromatic rings. The number of oxazole rings is 1. The monoisotopic (exact) mass is 331 g/mol. The lowest BCUT2D eigenvalue weighted by Gasteiger charge is -2.21. The van der Waals surface area contributed by atoms with Crippen LogP contribution in [0.2, 0.25) is 0 Å². The van der Waals surface area contributed by atoms with Gasteiger partial charge < -0.3 is 14.6 Å². The van der Waals surface area contributed by atoms with Crippen LogP contribution in [0.3, 0.4) is 0 Å². The fourth-order valence-electron chi connectivity index (χ4n) is 2.02. The van der Waals surface area contributed by atoms with E-state index in [2.05, 4.69) is 10.3 Å². The van der Waals surface area contributed by atoms with Crippen molar-refractivity contribution in [3.8, 4) is 0 Å². The zero-order valence-electron chi connectivity index (χ0n) is 11.2. The minimum atomic E-state index is -1.10. The molecule has 6 nitrogen and oxygen atoms in total. The molecule has 0 spiro atoms. The summed E-state index contributed by atoms with van der Waals surface area (Å²) in [5.41, 5.74) is 0.230. The SMILES string of the molecule is O=C(NC1CC1)c1coc(CN(C(=O)C(Cl)Cl)C2CC2)n1. The lowest BCUT2D eigenvalue weighted by atomic mass is 10.4. The van der Waals surface area contributed by atoms with Gasteiger partial charge in [0.15, 0.2) is 10.5 Å². The van der Waals surface area contributed by atoms with Gasteiger partial charge in [-0.1, -0.05) is 23.2 Å². The maximum atomic E-state index is 11.9. The van der Waals surface area contributed by atoms with Gasteiger partial charge in [-0.05, 0) is 25.7 Å². The first kappa shape index (κ1) is 14.7. The molecule has 114 valence electrons. The Balaban J connectivity index is 1.64. The third kappa shape index (κ3) is 3.68. The molecule has 2 aliphatic rings. The van der Waals surface area contributed by atoms with Gasteiger partial charge in [0.25, 0.3) is 11.8 Å². The van der Waals surface area contributed by atoms with Crippen LogP contribution >= 0.6 is 23.2 Å². The van der Waals surface area contributed by atoms with Crippen molar-refractivity contribution in [2.75, 3.05) is 0 Å². The standard InChI is InChI=1S/C13H15Cl2N3O3/c14-11(15)13(20)18(8-3-4-8)5-10-17-9(6-21-10)12(19)16-7-1-2-7/h6-8,11H,1-5H2,(H,16,19). The van der Waals surface area contributed by atoms with E-state index in [9.17, 15) is 9.59 Å². The number of hydrogen-bond donors (Lipinski definition) is 1. The molecule has 0 bridgehead atoms. The molecular weight excluding hydrogens is 317 g/mol. The number of amides is 2. The molecule has 0 unspecified atom stereocenters. The molecule has 1 aromatic heterocycles. The fourth-order valence-corrected chi connectivity index (χ4v) is 2.27. The van der Waals surface area contributed by atoms with Gasteiger partial charge >= 0.3 is 0 Å². The number of halogens is 2. The number of nitrogens with one attached hydrogen (secondary N) is 1. The quantitative estimate of drug-likeness (QED) is 0.807. The van der Waals surface area contributed by atoms with Gasteiger partial charge in [0.2, 0.25) is 5.89 Å². The number of carbonyl (C=O) groups excluding carboxylic acids is 2. The third-order valence-corrected chi connectivity index (χ3v) is 3.83. The van der Waals surface area contributed by atoms with Crippen LogP contribution in [0.5, 0.6) is 0 Å². The van der Waals surface area contributed by atoms with Crippen LogP contribution in [0, 0.1) is 0 Å². The molecule has 2 aliphatic carbocycles. The molecule has 0 atom stereocenters. The minimum absolute atomic E-state index is 0.133. The van der Waals surface area contributed by atoms with Gasteiger partial charge in [-0.2, -0.15) is 0 Å². The number of rotatable bonds is 6. The van der Waals surface area contributed by atoms with Gasteiger partial charge in [-0.3, -0.25) is 9.59 Å². The van der Waals surface area contributed by atoms with Crippen LogP contribution in [0.4, 0.5) is 0 Å². The summed E-state index contributed by atoms with van der Waals surface area (Å²) in [6, 6.07) is 0.392.